The number of halogens is 2. The van der Waals surface area contributed by atoms with Crippen LogP contribution in [0.1, 0.15) is 48.9 Å². The third kappa shape index (κ3) is 3.06. The van der Waals surface area contributed by atoms with Gasteiger partial charge in [0.05, 0.1) is 0 Å². The van der Waals surface area contributed by atoms with Gasteiger partial charge in [0.25, 0.3) is 0 Å². The number of benzene rings is 2. The maximum Gasteiger partial charge on any atom is 0.123 e. The fourth-order valence-corrected chi connectivity index (χ4v) is 4.87. The smallest absolute Gasteiger partial charge is 0.123 e. The number of likely N-dealkylation sites (N-methyl/N-ethyl adjacent to an activating group) is 1. The van der Waals surface area contributed by atoms with Crippen LogP contribution in [0.3, 0.4) is 0 Å². The van der Waals surface area contributed by atoms with Crippen LogP contribution < -0.4 is 0 Å². The summed E-state index contributed by atoms with van der Waals surface area (Å²) in [6.45, 7) is 7.74. The Morgan fingerprint density at radius 3 is 2.50 bits per heavy atom. The number of hydrogen-bond acceptors (Lipinski definition) is 2. The predicted molar refractivity (Wildman–Crippen MR) is 105 cm³/mol. The van der Waals surface area contributed by atoms with Crippen molar-refractivity contribution in [3.8, 4) is 0 Å². The molecule has 2 atom stereocenters. The molecule has 0 amide bonds. The minimum atomic E-state index is -0.185. The number of fused-ring (bicyclic) bond motifs is 1. The van der Waals surface area contributed by atoms with E-state index in [9.17, 15) is 4.39 Å². The third-order valence-electron chi connectivity index (χ3n) is 6.31. The monoisotopic (exact) mass is 372 g/mol. The van der Waals surface area contributed by atoms with E-state index in [1.54, 1.807) is 12.1 Å². The molecule has 2 unspecified atom stereocenters. The molecular weight excluding hydrogens is 347 g/mol. The molecular formula is C22H26ClFN2. The van der Waals surface area contributed by atoms with E-state index in [2.05, 4.69) is 36.8 Å². The second-order valence-electron chi connectivity index (χ2n) is 8.30. The zero-order chi connectivity index (χ0) is 18.5. The van der Waals surface area contributed by atoms with Gasteiger partial charge in [-0.2, -0.15) is 0 Å². The second kappa shape index (κ2) is 6.63. The Kier molecular flexibility index (Phi) is 4.58. The van der Waals surface area contributed by atoms with E-state index < -0.39 is 0 Å². The van der Waals surface area contributed by atoms with Gasteiger partial charge in [0.15, 0.2) is 0 Å². The average molecular weight is 373 g/mol. The molecule has 2 nitrogen and oxygen atoms in total. The van der Waals surface area contributed by atoms with Gasteiger partial charge in [-0.3, -0.25) is 9.80 Å². The zero-order valence-corrected chi connectivity index (χ0v) is 16.4. The lowest BCUT2D eigenvalue weighted by molar-refractivity contribution is 0.0159. The molecule has 0 radical (unpaired) electrons. The molecule has 0 bridgehead atoms. The van der Waals surface area contributed by atoms with Gasteiger partial charge in [-0.15, -0.1) is 0 Å². The maximum atomic E-state index is 13.4. The first-order valence-electron chi connectivity index (χ1n) is 9.36. The molecule has 4 rings (SSSR count). The van der Waals surface area contributed by atoms with Crippen molar-refractivity contribution in [2.45, 2.75) is 37.8 Å². The first-order chi connectivity index (χ1) is 12.4. The molecule has 1 aliphatic heterocycles. The number of hydrogen-bond donors (Lipinski definition) is 0. The molecule has 1 heterocycles. The highest BCUT2D eigenvalue weighted by Gasteiger charge is 2.41. The van der Waals surface area contributed by atoms with Crippen molar-refractivity contribution in [1.82, 2.24) is 9.80 Å². The summed E-state index contributed by atoms with van der Waals surface area (Å²) in [6.07, 6.45) is 1.00. The summed E-state index contributed by atoms with van der Waals surface area (Å²) in [7, 11) is 2.20. The lowest BCUT2D eigenvalue weighted by Gasteiger charge is -2.47. The Bertz CT molecular complexity index is 802. The first-order valence-corrected chi connectivity index (χ1v) is 9.74. The molecule has 2 aliphatic rings. The van der Waals surface area contributed by atoms with E-state index in [-0.39, 0.29) is 17.3 Å². The van der Waals surface area contributed by atoms with Crippen LogP contribution in [-0.2, 0) is 0 Å². The van der Waals surface area contributed by atoms with Crippen molar-refractivity contribution in [2.75, 3.05) is 26.7 Å². The number of piperazine rings is 1. The Morgan fingerprint density at radius 1 is 1.08 bits per heavy atom. The molecule has 2 aromatic carbocycles. The Balaban J connectivity index is 1.71. The molecule has 0 saturated carbocycles. The summed E-state index contributed by atoms with van der Waals surface area (Å²) in [5, 5.41) is 0.855. The molecule has 138 valence electrons. The summed E-state index contributed by atoms with van der Waals surface area (Å²) < 4.78 is 13.4. The van der Waals surface area contributed by atoms with Crippen LogP contribution in [0.4, 0.5) is 4.39 Å². The van der Waals surface area contributed by atoms with Crippen molar-refractivity contribution in [3.63, 3.8) is 0 Å². The largest absolute Gasteiger partial charge is 0.299 e. The van der Waals surface area contributed by atoms with Gasteiger partial charge in [0.1, 0.15) is 5.82 Å². The van der Waals surface area contributed by atoms with Crippen LogP contribution in [0.25, 0.3) is 0 Å². The van der Waals surface area contributed by atoms with Crippen molar-refractivity contribution in [2.24, 2.45) is 0 Å². The van der Waals surface area contributed by atoms with Gasteiger partial charge in [-0.1, -0.05) is 35.9 Å². The van der Waals surface area contributed by atoms with Crippen molar-refractivity contribution in [3.05, 3.63) is 70.0 Å². The number of rotatable bonds is 2. The van der Waals surface area contributed by atoms with Gasteiger partial charge in [0, 0.05) is 42.2 Å². The summed E-state index contributed by atoms with van der Waals surface area (Å²) >= 11 is 6.66. The van der Waals surface area contributed by atoms with Crippen LogP contribution >= 0.6 is 11.6 Å². The number of nitrogens with zero attached hydrogens (tertiary/aromatic N) is 2. The minimum Gasteiger partial charge on any atom is -0.299 e. The zero-order valence-electron chi connectivity index (χ0n) is 15.7. The SMILES string of the molecule is CN1CCN(C2CC(c3ccc(F)cc3)c3cccc(Cl)c32)CC1(C)C. The predicted octanol–water partition coefficient (Wildman–Crippen LogP) is 5.08. The van der Waals surface area contributed by atoms with E-state index in [0.717, 1.165) is 31.1 Å². The lowest BCUT2D eigenvalue weighted by Crippen LogP contribution is -2.58. The molecule has 4 heteroatoms. The first kappa shape index (κ1) is 18.0. The Labute approximate surface area is 160 Å². The standard InChI is InChI=1S/C22H26ClFN2/c1-22(2)14-26(12-11-25(22)3)20-13-18(15-7-9-16(24)10-8-15)17-5-4-6-19(23)21(17)20/h4-10,18,20H,11-14H2,1-3H3. The fraction of sp³-hybridized carbons (Fsp3) is 0.455. The van der Waals surface area contributed by atoms with E-state index >= 15 is 0 Å². The second-order valence-corrected chi connectivity index (χ2v) is 8.71. The highest BCUT2D eigenvalue weighted by molar-refractivity contribution is 6.31. The lowest BCUT2D eigenvalue weighted by atomic mass is 9.93. The summed E-state index contributed by atoms with van der Waals surface area (Å²) in [5.74, 6) is 0.0903. The fourth-order valence-electron chi connectivity index (χ4n) is 4.56. The Hall–Kier alpha value is -1.42. The molecule has 1 fully saturated rings. The van der Waals surface area contributed by atoms with E-state index in [4.69, 9.17) is 11.6 Å². The van der Waals surface area contributed by atoms with Crippen molar-refractivity contribution >= 4 is 11.6 Å². The summed E-state index contributed by atoms with van der Waals surface area (Å²) in [4.78, 5) is 5.03. The third-order valence-corrected chi connectivity index (χ3v) is 6.64. The van der Waals surface area contributed by atoms with Gasteiger partial charge in [-0.25, -0.2) is 4.39 Å². The molecule has 26 heavy (non-hydrogen) atoms. The highest BCUT2D eigenvalue weighted by atomic mass is 35.5. The topological polar surface area (TPSA) is 6.48 Å². The molecule has 1 aliphatic carbocycles. The van der Waals surface area contributed by atoms with Gasteiger partial charge >= 0.3 is 0 Å². The molecule has 0 N–H and O–H groups in total. The van der Waals surface area contributed by atoms with E-state index in [0.29, 0.717) is 6.04 Å². The van der Waals surface area contributed by atoms with Crippen LogP contribution in [0.5, 0.6) is 0 Å². The molecule has 1 saturated heterocycles. The highest BCUT2D eigenvalue weighted by Crippen LogP contribution is 2.50. The van der Waals surface area contributed by atoms with Gasteiger partial charge in [-0.05, 0) is 62.2 Å². The van der Waals surface area contributed by atoms with Crippen LogP contribution in [0, 0.1) is 5.82 Å². The van der Waals surface area contributed by atoms with Crippen molar-refractivity contribution in [1.29, 1.82) is 0 Å². The quantitative estimate of drug-likeness (QED) is 0.725. The average Bonchev–Trinajstić information content (AvgIpc) is 2.99. The van der Waals surface area contributed by atoms with Crippen LogP contribution in [-0.4, -0.2) is 42.0 Å². The summed E-state index contributed by atoms with van der Waals surface area (Å²) in [6, 6.07) is 13.5. The normalized spacial score (nSPS) is 26.0. The van der Waals surface area contributed by atoms with Gasteiger partial charge in [0.2, 0.25) is 0 Å². The van der Waals surface area contributed by atoms with Crippen LogP contribution in [0.2, 0.25) is 5.02 Å². The molecule has 0 spiro atoms. The molecule has 0 aromatic heterocycles. The Morgan fingerprint density at radius 2 is 1.81 bits per heavy atom. The van der Waals surface area contributed by atoms with Crippen molar-refractivity contribution < 1.29 is 4.39 Å². The maximum absolute atomic E-state index is 13.4. The van der Waals surface area contributed by atoms with E-state index in [1.165, 1.54) is 16.7 Å². The van der Waals surface area contributed by atoms with Crippen LogP contribution in [0.15, 0.2) is 42.5 Å². The molecule has 2 aromatic rings. The minimum absolute atomic E-state index is 0.146. The van der Waals surface area contributed by atoms with E-state index in [1.807, 2.05) is 24.3 Å². The summed E-state index contributed by atoms with van der Waals surface area (Å²) in [5.41, 5.74) is 3.88. The van der Waals surface area contributed by atoms with Gasteiger partial charge < -0.3 is 0 Å².